The number of nitrogens with one attached hydrogen (secondary N) is 1. The summed E-state index contributed by atoms with van der Waals surface area (Å²) < 4.78 is 0. The van der Waals surface area contributed by atoms with Crippen LogP contribution in [0.2, 0.25) is 0 Å². The zero-order valence-corrected chi connectivity index (χ0v) is 18.0. The zero-order chi connectivity index (χ0) is 22.2. The van der Waals surface area contributed by atoms with E-state index in [0.717, 1.165) is 35.2 Å². The first-order chi connectivity index (χ1) is 15.5. The van der Waals surface area contributed by atoms with Gasteiger partial charge in [-0.15, -0.1) is 11.3 Å². The molecule has 4 aromatic rings. The first-order valence-corrected chi connectivity index (χ1v) is 11.2. The third-order valence-electron chi connectivity index (χ3n) is 5.97. The number of anilines is 2. The number of fused-ring (bicyclic) bond motifs is 2. The van der Waals surface area contributed by atoms with Crippen LogP contribution in [0.5, 0.6) is 0 Å². The molecule has 0 bridgehead atoms. The van der Waals surface area contributed by atoms with Crippen LogP contribution >= 0.6 is 11.3 Å². The number of rotatable bonds is 4. The molecule has 2 heterocycles. The minimum absolute atomic E-state index is 0.0288. The fourth-order valence-electron chi connectivity index (χ4n) is 4.33. The summed E-state index contributed by atoms with van der Waals surface area (Å²) in [5, 5.41) is 12.8. The van der Waals surface area contributed by atoms with E-state index in [1.165, 1.54) is 28.5 Å². The summed E-state index contributed by atoms with van der Waals surface area (Å²) in [6.07, 6.45) is 2.82. The number of nitrogen functional groups attached to an aromatic ring is 1. The van der Waals surface area contributed by atoms with Gasteiger partial charge in [0.15, 0.2) is 0 Å². The van der Waals surface area contributed by atoms with Crippen molar-refractivity contribution in [2.45, 2.75) is 25.2 Å². The van der Waals surface area contributed by atoms with Crippen molar-refractivity contribution < 1.29 is 14.7 Å². The smallest absolute Gasteiger partial charge is 0.337 e. The lowest BCUT2D eigenvalue weighted by Crippen LogP contribution is -2.15. The summed E-state index contributed by atoms with van der Waals surface area (Å²) in [6.45, 7) is 0. The molecule has 1 unspecified atom stereocenters. The normalized spacial score (nSPS) is 15.3. The number of aromatic carboxylic acids is 1. The maximum Gasteiger partial charge on any atom is 0.337 e. The number of nitrogens with two attached hydrogens (primary N) is 1. The summed E-state index contributed by atoms with van der Waals surface area (Å²) >= 11 is 1.24. The maximum atomic E-state index is 12.9. The molecule has 1 atom stereocenters. The van der Waals surface area contributed by atoms with E-state index in [0.29, 0.717) is 16.5 Å². The Labute approximate surface area is 188 Å². The van der Waals surface area contributed by atoms with Crippen LogP contribution < -0.4 is 11.1 Å². The molecule has 0 radical (unpaired) electrons. The van der Waals surface area contributed by atoms with Crippen molar-refractivity contribution in [1.82, 2.24) is 4.98 Å². The number of carbonyl (C=O) groups is 2. The predicted molar refractivity (Wildman–Crippen MR) is 127 cm³/mol. The summed E-state index contributed by atoms with van der Waals surface area (Å²) in [7, 11) is 0. The number of hydrogen-bond acceptors (Lipinski definition) is 5. The van der Waals surface area contributed by atoms with E-state index in [4.69, 9.17) is 10.7 Å². The molecular formula is C25H21N3O3S. The molecule has 160 valence electrons. The minimum Gasteiger partial charge on any atom is -0.478 e. The van der Waals surface area contributed by atoms with Gasteiger partial charge >= 0.3 is 5.97 Å². The van der Waals surface area contributed by atoms with Gasteiger partial charge in [-0.25, -0.2) is 9.78 Å². The average Bonchev–Trinajstić information content (AvgIpc) is 3.13. The van der Waals surface area contributed by atoms with Crippen molar-refractivity contribution in [1.29, 1.82) is 0 Å². The Morgan fingerprint density at radius 3 is 2.62 bits per heavy atom. The van der Waals surface area contributed by atoms with E-state index in [2.05, 4.69) is 35.6 Å². The molecule has 5 rings (SSSR count). The molecule has 2 aromatic heterocycles. The molecule has 2 aromatic carbocycles. The predicted octanol–water partition coefficient (Wildman–Crippen LogP) is 5.10. The Morgan fingerprint density at radius 1 is 1.09 bits per heavy atom. The number of aromatic nitrogens is 1. The third-order valence-corrected chi connectivity index (χ3v) is 7.08. The Morgan fingerprint density at radius 2 is 1.84 bits per heavy atom. The van der Waals surface area contributed by atoms with Crippen LogP contribution in [-0.4, -0.2) is 22.0 Å². The fraction of sp³-hybridized carbons (Fsp3) is 0.160. The highest BCUT2D eigenvalue weighted by Crippen LogP contribution is 2.38. The summed E-state index contributed by atoms with van der Waals surface area (Å²) in [4.78, 5) is 30.3. The molecule has 1 aliphatic rings. The highest BCUT2D eigenvalue weighted by molar-refractivity contribution is 7.21. The molecule has 32 heavy (non-hydrogen) atoms. The quantitative estimate of drug-likeness (QED) is 0.407. The number of aryl methyl sites for hydroxylation is 1. The fourth-order valence-corrected chi connectivity index (χ4v) is 5.32. The van der Waals surface area contributed by atoms with E-state index in [1.807, 2.05) is 6.07 Å². The van der Waals surface area contributed by atoms with Crippen LogP contribution in [0.4, 0.5) is 11.4 Å². The number of hydrogen-bond donors (Lipinski definition) is 3. The molecule has 4 N–H and O–H groups in total. The Hall–Kier alpha value is -3.71. The highest BCUT2D eigenvalue weighted by atomic mass is 32.1. The lowest BCUT2D eigenvalue weighted by Gasteiger charge is -2.24. The molecule has 1 aliphatic carbocycles. The Kier molecular flexibility index (Phi) is 5.11. The Balaban J connectivity index is 1.46. The van der Waals surface area contributed by atoms with Gasteiger partial charge in [0, 0.05) is 11.1 Å². The SMILES string of the molecule is Nc1c(C(=O)Nc2ccccc2C(=O)O)sc2nc3c(cc12)CC(c1ccccc1)CC3. The molecule has 0 spiro atoms. The van der Waals surface area contributed by atoms with E-state index in [-0.39, 0.29) is 11.3 Å². The molecule has 1 amide bonds. The monoisotopic (exact) mass is 443 g/mol. The number of nitrogens with zero attached hydrogens (tertiary/aromatic N) is 1. The van der Waals surface area contributed by atoms with Crippen molar-refractivity contribution in [2.24, 2.45) is 0 Å². The molecular weight excluding hydrogens is 422 g/mol. The van der Waals surface area contributed by atoms with Gasteiger partial charge in [-0.1, -0.05) is 42.5 Å². The van der Waals surface area contributed by atoms with Crippen LogP contribution in [-0.2, 0) is 12.8 Å². The van der Waals surface area contributed by atoms with E-state index >= 15 is 0 Å². The second-order valence-corrected chi connectivity index (χ2v) is 8.95. The second kappa shape index (κ2) is 8.09. The topological polar surface area (TPSA) is 105 Å². The van der Waals surface area contributed by atoms with Crippen molar-refractivity contribution in [3.8, 4) is 0 Å². The number of carbonyl (C=O) groups excluding carboxylic acids is 1. The lowest BCUT2D eigenvalue weighted by molar-refractivity contribution is 0.0698. The standard InChI is InChI=1S/C25H21N3O3S/c26-21-18-13-16-12-15(14-6-2-1-3-7-14)10-11-19(16)28-24(18)32-22(21)23(29)27-20-9-5-4-8-17(20)25(30)31/h1-9,13,15H,10-12,26H2,(H,27,29)(H,30,31). The molecule has 0 saturated heterocycles. The highest BCUT2D eigenvalue weighted by Gasteiger charge is 2.25. The largest absolute Gasteiger partial charge is 0.478 e. The molecule has 0 saturated carbocycles. The molecule has 0 aliphatic heterocycles. The van der Waals surface area contributed by atoms with Crippen LogP contribution in [0.1, 0.15) is 49.2 Å². The molecule has 0 fully saturated rings. The van der Waals surface area contributed by atoms with Gasteiger partial charge in [0.05, 0.1) is 16.9 Å². The molecule has 6 nitrogen and oxygen atoms in total. The van der Waals surface area contributed by atoms with Crippen LogP contribution in [0, 0.1) is 0 Å². The number of pyridine rings is 1. The van der Waals surface area contributed by atoms with Crippen molar-refractivity contribution >= 4 is 44.8 Å². The summed E-state index contributed by atoms with van der Waals surface area (Å²) in [5.41, 5.74) is 10.6. The van der Waals surface area contributed by atoms with Gasteiger partial charge in [0.1, 0.15) is 9.71 Å². The van der Waals surface area contributed by atoms with Crippen LogP contribution in [0.15, 0.2) is 60.7 Å². The van der Waals surface area contributed by atoms with Crippen LogP contribution in [0.25, 0.3) is 10.2 Å². The van der Waals surface area contributed by atoms with E-state index in [9.17, 15) is 14.7 Å². The van der Waals surface area contributed by atoms with Crippen molar-refractivity contribution in [3.05, 3.63) is 87.9 Å². The number of carboxylic acid groups (broad SMARTS) is 1. The van der Waals surface area contributed by atoms with Crippen molar-refractivity contribution in [2.75, 3.05) is 11.1 Å². The van der Waals surface area contributed by atoms with Gasteiger partial charge in [-0.05, 0) is 54.5 Å². The van der Waals surface area contributed by atoms with Gasteiger partial charge in [-0.3, -0.25) is 4.79 Å². The van der Waals surface area contributed by atoms with E-state index in [1.54, 1.807) is 18.2 Å². The number of thiophene rings is 1. The van der Waals surface area contributed by atoms with Gasteiger partial charge < -0.3 is 16.2 Å². The van der Waals surface area contributed by atoms with Gasteiger partial charge in [0.2, 0.25) is 0 Å². The molecule has 7 heteroatoms. The third kappa shape index (κ3) is 3.61. The number of para-hydroxylation sites is 1. The minimum atomic E-state index is -1.10. The first kappa shape index (κ1) is 20.2. The Bertz CT molecular complexity index is 1350. The lowest BCUT2D eigenvalue weighted by atomic mass is 9.82. The van der Waals surface area contributed by atoms with Crippen LogP contribution in [0.3, 0.4) is 0 Å². The first-order valence-electron chi connectivity index (χ1n) is 10.4. The van der Waals surface area contributed by atoms with E-state index < -0.39 is 11.9 Å². The van der Waals surface area contributed by atoms with Gasteiger partial charge in [-0.2, -0.15) is 0 Å². The summed E-state index contributed by atoms with van der Waals surface area (Å²) in [5.74, 6) is -1.09. The number of carboxylic acids is 1. The zero-order valence-electron chi connectivity index (χ0n) is 17.2. The van der Waals surface area contributed by atoms with Gasteiger partial charge in [0.25, 0.3) is 5.91 Å². The average molecular weight is 444 g/mol. The number of amides is 1. The number of benzene rings is 2. The maximum absolute atomic E-state index is 12.9. The summed E-state index contributed by atoms with van der Waals surface area (Å²) in [6, 6.07) is 18.9. The second-order valence-electron chi connectivity index (χ2n) is 7.95. The van der Waals surface area contributed by atoms with Crippen molar-refractivity contribution in [3.63, 3.8) is 0 Å².